The average molecular weight is 773 g/mol. The van der Waals surface area contributed by atoms with Crippen LogP contribution in [0.25, 0.3) is 21.5 Å². The van der Waals surface area contributed by atoms with E-state index >= 15 is 0 Å². The van der Waals surface area contributed by atoms with Gasteiger partial charge in [-0.15, -0.1) is 0 Å². The van der Waals surface area contributed by atoms with Gasteiger partial charge in [-0.05, 0) is 145 Å². The molecule has 0 aliphatic heterocycles. The van der Waals surface area contributed by atoms with Gasteiger partial charge >= 0.3 is 5.97 Å². The van der Waals surface area contributed by atoms with E-state index in [-0.39, 0.29) is 11.2 Å². The standard InChI is InChI=1S/C17H18O3.C17H16O2.C17H14O2/c1-12-5-3-7-14(16(12)17(18)19)10-9-13-6-4-8-15(11-13)20-2;2*1-11-4-3-5-12-6-7-13-10-14(19-2)8-9-15(13)17(18)16(11)12/h3-8,11H,9-10H2,1-2H3,(H,18,19);3-5,8-10H,6-7H2,1-2H3;3-10H,1-2H3. The van der Waals surface area contributed by atoms with Crippen LogP contribution in [0.15, 0.2) is 132 Å². The molecule has 0 unspecified atom stereocenters. The first kappa shape index (κ1) is 40.9. The minimum atomic E-state index is -0.858. The summed E-state index contributed by atoms with van der Waals surface area (Å²) in [5.41, 5.74) is 9.33. The number of benzene rings is 6. The van der Waals surface area contributed by atoms with Gasteiger partial charge in [-0.2, -0.15) is 0 Å². The zero-order valence-corrected chi connectivity index (χ0v) is 33.8. The minimum Gasteiger partial charge on any atom is -0.497 e. The molecule has 7 nitrogen and oxygen atoms in total. The van der Waals surface area contributed by atoms with Crippen molar-refractivity contribution in [2.24, 2.45) is 0 Å². The summed E-state index contributed by atoms with van der Waals surface area (Å²) < 4.78 is 15.7. The largest absolute Gasteiger partial charge is 0.497 e. The maximum atomic E-state index is 12.7. The summed E-state index contributed by atoms with van der Waals surface area (Å²) >= 11 is 0. The molecule has 0 fully saturated rings. The number of hydrogen-bond donors (Lipinski definition) is 1. The topological polar surface area (TPSA) is 99.1 Å². The predicted molar refractivity (Wildman–Crippen MR) is 233 cm³/mol. The third kappa shape index (κ3) is 9.11. The lowest BCUT2D eigenvalue weighted by Crippen LogP contribution is -2.06. The van der Waals surface area contributed by atoms with Crippen LogP contribution < -0.4 is 19.6 Å². The Morgan fingerprint density at radius 2 is 1.21 bits per heavy atom. The van der Waals surface area contributed by atoms with Crippen LogP contribution in [0.5, 0.6) is 17.2 Å². The van der Waals surface area contributed by atoms with E-state index in [1.807, 2.05) is 142 Å². The normalized spacial score (nSPS) is 11.5. The van der Waals surface area contributed by atoms with E-state index < -0.39 is 5.97 Å². The molecule has 7 heteroatoms. The van der Waals surface area contributed by atoms with Crippen molar-refractivity contribution in [3.8, 4) is 17.2 Å². The molecule has 7 aromatic carbocycles. The highest BCUT2D eigenvalue weighted by Gasteiger charge is 2.23. The zero-order valence-electron chi connectivity index (χ0n) is 33.8. The predicted octanol–water partition coefficient (Wildman–Crippen LogP) is 10.5. The quantitative estimate of drug-likeness (QED) is 0.172. The molecule has 0 radical (unpaired) electrons. The Kier molecular flexibility index (Phi) is 13.0. The molecule has 0 bridgehead atoms. The van der Waals surface area contributed by atoms with E-state index in [4.69, 9.17) is 14.2 Å². The van der Waals surface area contributed by atoms with Crippen LogP contribution in [0, 0.1) is 20.8 Å². The summed E-state index contributed by atoms with van der Waals surface area (Å²) in [5.74, 6) is 1.69. The van der Waals surface area contributed by atoms with Crippen molar-refractivity contribution >= 4 is 33.3 Å². The first-order valence-corrected chi connectivity index (χ1v) is 19.3. The molecule has 1 aliphatic rings. The fraction of sp³-hybridized carbons (Fsp3) is 0.196. The molecule has 0 amide bonds. The summed E-state index contributed by atoms with van der Waals surface area (Å²) in [6.07, 6.45) is 3.29. The van der Waals surface area contributed by atoms with Gasteiger partial charge in [0.15, 0.2) is 11.2 Å². The molecule has 1 aliphatic carbocycles. The number of rotatable bonds is 7. The molecule has 0 saturated heterocycles. The molecule has 0 spiro atoms. The maximum Gasteiger partial charge on any atom is 0.336 e. The van der Waals surface area contributed by atoms with Crippen LogP contribution in [0.3, 0.4) is 0 Å². The number of aromatic carboxylic acids is 1. The number of ether oxygens (including phenoxy) is 3. The monoisotopic (exact) mass is 772 g/mol. The van der Waals surface area contributed by atoms with Gasteiger partial charge in [0.05, 0.1) is 26.9 Å². The highest BCUT2D eigenvalue weighted by molar-refractivity contribution is 6.12. The third-order valence-electron chi connectivity index (χ3n) is 10.7. The van der Waals surface area contributed by atoms with Crippen LogP contribution in [-0.2, 0) is 25.7 Å². The van der Waals surface area contributed by atoms with Crippen LogP contribution >= 0.6 is 0 Å². The Morgan fingerprint density at radius 3 is 1.97 bits per heavy atom. The fourth-order valence-corrected chi connectivity index (χ4v) is 7.61. The Morgan fingerprint density at radius 1 is 0.586 bits per heavy atom. The van der Waals surface area contributed by atoms with Gasteiger partial charge in [-0.3, -0.25) is 9.59 Å². The lowest BCUT2D eigenvalue weighted by Gasteiger charge is -2.09. The van der Waals surface area contributed by atoms with Gasteiger partial charge in [0.1, 0.15) is 17.2 Å². The molecule has 7 aromatic rings. The second-order valence-corrected chi connectivity index (χ2v) is 14.4. The van der Waals surface area contributed by atoms with Gasteiger partial charge in [-0.25, -0.2) is 4.79 Å². The molecule has 294 valence electrons. The van der Waals surface area contributed by atoms with Gasteiger partial charge in [0.25, 0.3) is 0 Å². The lowest BCUT2D eigenvalue weighted by atomic mass is 9.95. The Hall–Kier alpha value is -6.73. The van der Waals surface area contributed by atoms with Crippen molar-refractivity contribution in [2.75, 3.05) is 21.3 Å². The van der Waals surface area contributed by atoms with Crippen molar-refractivity contribution in [1.82, 2.24) is 0 Å². The number of ketones is 1. The number of carboxylic acids is 1. The molecule has 0 saturated carbocycles. The number of fused-ring (bicyclic) bond motifs is 4. The molecule has 8 rings (SSSR count). The molecule has 0 heterocycles. The zero-order chi connectivity index (χ0) is 41.3. The van der Waals surface area contributed by atoms with Crippen molar-refractivity contribution in [3.05, 3.63) is 193 Å². The fourth-order valence-electron chi connectivity index (χ4n) is 7.61. The van der Waals surface area contributed by atoms with Crippen LogP contribution in [0.1, 0.15) is 65.2 Å². The van der Waals surface area contributed by atoms with Crippen LogP contribution in [-0.4, -0.2) is 38.2 Å². The van der Waals surface area contributed by atoms with E-state index in [0.29, 0.717) is 12.0 Å². The number of hydrogen-bond acceptors (Lipinski definition) is 6. The highest BCUT2D eigenvalue weighted by atomic mass is 16.5. The molecular formula is C51H48O7. The van der Waals surface area contributed by atoms with Crippen molar-refractivity contribution in [3.63, 3.8) is 0 Å². The first-order valence-electron chi connectivity index (χ1n) is 19.3. The third-order valence-corrected chi connectivity index (χ3v) is 10.7. The van der Waals surface area contributed by atoms with E-state index in [1.54, 1.807) is 21.3 Å². The first-order chi connectivity index (χ1) is 28.0. The average Bonchev–Trinajstić information content (AvgIpc) is 3.47. The number of carboxylic acid groups (broad SMARTS) is 1. The van der Waals surface area contributed by atoms with Gasteiger partial charge in [-0.1, -0.05) is 78.9 Å². The summed E-state index contributed by atoms with van der Waals surface area (Å²) in [5, 5.41) is 12.7. The molecule has 58 heavy (non-hydrogen) atoms. The van der Waals surface area contributed by atoms with Gasteiger partial charge < -0.3 is 19.3 Å². The van der Waals surface area contributed by atoms with Crippen molar-refractivity contribution in [1.29, 1.82) is 0 Å². The van der Waals surface area contributed by atoms with Crippen LogP contribution in [0.4, 0.5) is 0 Å². The molecule has 1 N–H and O–H groups in total. The van der Waals surface area contributed by atoms with Gasteiger partial charge in [0, 0.05) is 21.9 Å². The lowest BCUT2D eigenvalue weighted by molar-refractivity contribution is 0.0694. The second kappa shape index (κ2) is 18.5. The molecular weight excluding hydrogens is 725 g/mol. The van der Waals surface area contributed by atoms with Crippen molar-refractivity contribution < 1.29 is 28.9 Å². The Bertz CT molecular complexity index is 2700. The summed E-state index contributed by atoms with van der Waals surface area (Å²) in [7, 11) is 4.92. The molecule has 0 aromatic heterocycles. The minimum absolute atomic E-state index is 0.0794. The maximum absolute atomic E-state index is 12.7. The SMILES string of the molecule is COc1ccc2c(=O)c3c(C)cccc3ccc2c1.COc1ccc2c(c1)CCc1cccc(C)c1C2=O.COc1cccc(CCc2cccc(C)c2C(=O)O)c1. The van der Waals surface area contributed by atoms with E-state index in [1.165, 1.54) is 0 Å². The van der Waals surface area contributed by atoms with E-state index in [2.05, 4.69) is 6.07 Å². The summed E-state index contributed by atoms with van der Waals surface area (Å²) in [4.78, 5) is 36.7. The number of methoxy groups -OCH3 is 3. The molecule has 0 atom stereocenters. The van der Waals surface area contributed by atoms with Crippen molar-refractivity contribution in [2.45, 2.75) is 46.5 Å². The Balaban J connectivity index is 0.000000147. The Labute approximate surface area is 339 Å². The van der Waals surface area contributed by atoms with E-state index in [9.17, 15) is 19.5 Å². The smallest absolute Gasteiger partial charge is 0.336 e. The number of carbonyl (C=O) groups is 2. The van der Waals surface area contributed by atoms with E-state index in [0.717, 1.165) is 108 Å². The van der Waals surface area contributed by atoms with Crippen LogP contribution in [0.2, 0.25) is 0 Å². The highest BCUT2D eigenvalue weighted by Crippen LogP contribution is 2.29. The summed E-state index contributed by atoms with van der Waals surface area (Å²) in [6, 6.07) is 40.7. The van der Waals surface area contributed by atoms with Gasteiger partial charge in [0.2, 0.25) is 0 Å². The number of aryl methyl sites for hydroxylation is 7. The number of carbonyl (C=O) groups excluding carboxylic acids is 1. The summed E-state index contributed by atoms with van der Waals surface area (Å²) in [6.45, 7) is 5.81. The second-order valence-electron chi connectivity index (χ2n) is 14.4.